The van der Waals surface area contributed by atoms with Crippen LogP contribution in [0.25, 0.3) is 0 Å². The monoisotopic (exact) mass is 351 g/mol. The quantitative estimate of drug-likeness (QED) is 0.894. The average molecular weight is 352 g/mol. The van der Waals surface area contributed by atoms with Crippen LogP contribution in [-0.4, -0.2) is 22.2 Å². The van der Waals surface area contributed by atoms with Gasteiger partial charge in [-0.25, -0.2) is 4.98 Å². The molecule has 0 aliphatic heterocycles. The number of nitrogens with zero attached hydrogens (tertiary/aromatic N) is 2. The fourth-order valence-corrected chi connectivity index (χ4v) is 2.59. The zero-order valence-corrected chi connectivity index (χ0v) is 14.6. The standard InChI is InChI=1S/C16H22BrN3O/c1-16(2,3)19-10-15-18-7-8-20(15)11-12-5-6-14(21-4)13(17)9-12/h5-9,19H,10-11H2,1-4H3. The average Bonchev–Trinajstić information content (AvgIpc) is 2.83. The molecule has 1 N–H and O–H groups in total. The lowest BCUT2D eigenvalue weighted by Gasteiger charge is -2.20. The lowest BCUT2D eigenvalue weighted by molar-refractivity contribution is 0.411. The second kappa shape index (κ2) is 6.62. The molecule has 0 saturated heterocycles. The lowest BCUT2D eigenvalue weighted by Crippen LogP contribution is -2.36. The first-order valence-electron chi connectivity index (χ1n) is 6.96. The number of rotatable bonds is 5. The molecule has 0 atom stereocenters. The number of aromatic nitrogens is 2. The summed E-state index contributed by atoms with van der Waals surface area (Å²) in [5.41, 5.74) is 1.29. The Labute approximate surface area is 134 Å². The highest BCUT2D eigenvalue weighted by molar-refractivity contribution is 9.10. The van der Waals surface area contributed by atoms with Crippen molar-refractivity contribution in [1.82, 2.24) is 14.9 Å². The molecular weight excluding hydrogens is 330 g/mol. The highest BCUT2D eigenvalue weighted by atomic mass is 79.9. The van der Waals surface area contributed by atoms with Crippen LogP contribution in [0.5, 0.6) is 5.75 Å². The Morgan fingerprint density at radius 2 is 2.10 bits per heavy atom. The third kappa shape index (κ3) is 4.58. The Morgan fingerprint density at radius 1 is 1.33 bits per heavy atom. The van der Waals surface area contributed by atoms with Gasteiger partial charge in [0.05, 0.1) is 18.1 Å². The molecule has 0 unspecified atom stereocenters. The summed E-state index contributed by atoms with van der Waals surface area (Å²) in [6, 6.07) is 6.13. The zero-order chi connectivity index (χ0) is 15.5. The lowest BCUT2D eigenvalue weighted by atomic mass is 10.1. The summed E-state index contributed by atoms with van der Waals surface area (Å²) >= 11 is 3.52. The molecule has 114 valence electrons. The van der Waals surface area contributed by atoms with Crippen LogP contribution in [0.4, 0.5) is 0 Å². The zero-order valence-electron chi connectivity index (χ0n) is 13.0. The molecule has 0 aliphatic carbocycles. The predicted molar refractivity (Wildman–Crippen MR) is 88.6 cm³/mol. The first-order chi connectivity index (χ1) is 9.89. The Bertz CT molecular complexity index is 602. The number of hydrogen-bond acceptors (Lipinski definition) is 3. The van der Waals surface area contributed by atoms with Gasteiger partial charge in [0.1, 0.15) is 11.6 Å². The van der Waals surface area contributed by atoms with E-state index < -0.39 is 0 Å². The molecule has 4 nitrogen and oxygen atoms in total. The van der Waals surface area contributed by atoms with Gasteiger partial charge < -0.3 is 14.6 Å². The van der Waals surface area contributed by atoms with Gasteiger partial charge in [-0.3, -0.25) is 0 Å². The number of halogens is 1. The van der Waals surface area contributed by atoms with Gasteiger partial charge in [-0.15, -0.1) is 0 Å². The van der Waals surface area contributed by atoms with Gasteiger partial charge in [0.2, 0.25) is 0 Å². The molecule has 0 amide bonds. The van der Waals surface area contributed by atoms with E-state index >= 15 is 0 Å². The van der Waals surface area contributed by atoms with Crippen molar-refractivity contribution in [3.63, 3.8) is 0 Å². The predicted octanol–water partition coefficient (Wildman–Crippen LogP) is 3.59. The molecule has 0 spiro atoms. The SMILES string of the molecule is COc1ccc(Cn2ccnc2CNC(C)(C)C)cc1Br. The second-order valence-corrected chi connectivity index (χ2v) is 6.90. The van der Waals surface area contributed by atoms with Crippen LogP contribution in [0.2, 0.25) is 0 Å². The maximum absolute atomic E-state index is 5.26. The van der Waals surface area contributed by atoms with Crippen molar-refractivity contribution in [2.75, 3.05) is 7.11 Å². The van der Waals surface area contributed by atoms with Crippen LogP contribution in [0.3, 0.4) is 0 Å². The minimum absolute atomic E-state index is 0.0833. The van der Waals surface area contributed by atoms with E-state index in [1.165, 1.54) is 5.56 Å². The van der Waals surface area contributed by atoms with E-state index in [4.69, 9.17) is 4.74 Å². The molecule has 0 aliphatic rings. The molecule has 2 rings (SSSR count). The molecule has 5 heteroatoms. The van der Waals surface area contributed by atoms with Crippen LogP contribution in [0.15, 0.2) is 35.1 Å². The Hall–Kier alpha value is -1.33. The van der Waals surface area contributed by atoms with Crippen molar-refractivity contribution >= 4 is 15.9 Å². The fraction of sp³-hybridized carbons (Fsp3) is 0.438. The first-order valence-corrected chi connectivity index (χ1v) is 7.76. The van der Waals surface area contributed by atoms with E-state index in [1.54, 1.807) is 7.11 Å². The summed E-state index contributed by atoms with van der Waals surface area (Å²) in [5, 5.41) is 3.47. The highest BCUT2D eigenvalue weighted by Crippen LogP contribution is 2.26. The van der Waals surface area contributed by atoms with Crippen molar-refractivity contribution in [2.45, 2.75) is 39.4 Å². The summed E-state index contributed by atoms with van der Waals surface area (Å²) in [6.07, 6.45) is 3.86. The number of benzene rings is 1. The van der Waals surface area contributed by atoms with Crippen LogP contribution in [0.1, 0.15) is 32.2 Å². The van der Waals surface area contributed by atoms with Gasteiger partial charge in [0, 0.05) is 24.5 Å². The van der Waals surface area contributed by atoms with Crippen molar-refractivity contribution < 1.29 is 4.74 Å². The molecule has 0 radical (unpaired) electrons. The van der Waals surface area contributed by atoms with Crippen LogP contribution < -0.4 is 10.1 Å². The number of imidazole rings is 1. The molecule has 2 aromatic rings. The third-order valence-electron chi connectivity index (χ3n) is 3.15. The van der Waals surface area contributed by atoms with Crippen molar-refractivity contribution in [1.29, 1.82) is 0 Å². The van der Waals surface area contributed by atoms with Crippen LogP contribution in [-0.2, 0) is 13.1 Å². The van der Waals surface area contributed by atoms with E-state index in [1.807, 2.05) is 18.5 Å². The molecule has 0 fully saturated rings. The Balaban J connectivity index is 2.10. The Kier molecular flexibility index (Phi) is 5.06. The summed E-state index contributed by atoms with van der Waals surface area (Å²) in [6.45, 7) is 8.01. The van der Waals surface area contributed by atoms with Crippen LogP contribution >= 0.6 is 15.9 Å². The van der Waals surface area contributed by atoms with Gasteiger partial charge in [0.15, 0.2) is 0 Å². The largest absolute Gasteiger partial charge is 0.496 e. The molecule has 1 heterocycles. The molecule has 1 aromatic heterocycles. The van der Waals surface area contributed by atoms with Gasteiger partial charge in [0.25, 0.3) is 0 Å². The third-order valence-corrected chi connectivity index (χ3v) is 3.77. The minimum Gasteiger partial charge on any atom is -0.496 e. The Morgan fingerprint density at radius 3 is 2.71 bits per heavy atom. The van der Waals surface area contributed by atoms with Crippen LogP contribution in [0, 0.1) is 0 Å². The van der Waals surface area contributed by atoms with Gasteiger partial charge >= 0.3 is 0 Å². The minimum atomic E-state index is 0.0833. The summed E-state index contributed by atoms with van der Waals surface area (Å²) < 4.78 is 8.39. The van der Waals surface area contributed by atoms with E-state index in [-0.39, 0.29) is 5.54 Å². The highest BCUT2D eigenvalue weighted by Gasteiger charge is 2.11. The van der Waals surface area contributed by atoms with Crippen molar-refractivity contribution in [2.24, 2.45) is 0 Å². The van der Waals surface area contributed by atoms with E-state index in [0.29, 0.717) is 0 Å². The smallest absolute Gasteiger partial charge is 0.133 e. The van der Waals surface area contributed by atoms with Gasteiger partial charge in [-0.1, -0.05) is 6.07 Å². The molecule has 1 aromatic carbocycles. The molecular formula is C16H22BrN3O. The molecule has 0 bridgehead atoms. The second-order valence-electron chi connectivity index (χ2n) is 6.04. The molecule has 0 saturated carbocycles. The van der Waals surface area contributed by atoms with E-state index in [9.17, 15) is 0 Å². The topological polar surface area (TPSA) is 39.1 Å². The summed E-state index contributed by atoms with van der Waals surface area (Å²) in [7, 11) is 1.67. The van der Waals surface area contributed by atoms with E-state index in [2.05, 4.69) is 63.7 Å². The number of hydrogen-bond donors (Lipinski definition) is 1. The molecule has 21 heavy (non-hydrogen) atoms. The number of ether oxygens (including phenoxy) is 1. The van der Waals surface area contributed by atoms with Gasteiger partial charge in [-0.05, 0) is 54.4 Å². The normalized spacial score (nSPS) is 11.7. The maximum Gasteiger partial charge on any atom is 0.133 e. The van der Waals surface area contributed by atoms with Crippen molar-refractivity contribution in [3.05, 3.63) is 46.5 Å². The van der Waals surface area contributed by atoms with Gasteiger partial charge in [-0.2, -0.15) is 0 Å². The summed E-state index contributed by atoms with van der Waals surface area (Å²) in [4.78, 5) is 4.44. The number of methoxy groups -OCH3 is 1. The number of nitrogens with one attached hydrogen (secondary N) is 1. The first kappa shape index (κ1) is 16.0. The van der Waals surface area contributed by atoms with E-state index in [0.717, 1.165) is 29.1 Å². The maximum atomic E-state index is 5.26. The summed E-state index contributed by atoms with van der Waals surface area (Å²) in [5.74, 6) is 1.89. The van der Waals surface area contributed by atoms with Crippen molar-refractivity contribution in [3.8, 4) is 5.75 Å². The fourth-order valence-electron chi connectivity index (χ4n) is 2.00.